The van der Waals surface area contributed by atoms with Gasteiger partial charge in [0.1, 0.15) is 0 Å². The Bertz CT molecular complexity index is 72.1. The molecular formula is C7H10. The number of hydrogen-bond donors (Lipinski definition) is 0. The van der Waals surface area contributed by atoms with Gasteiger partial charge in [0.25, 0.3) is 0 Å². The Balaban J connectivity index is 2.36. The van der Waals surface area contributed by atoms with Gasteiger partial charge in [-0.1, -0.05) is 19.1 Å². The molecule has 0 saturated carbocycles. The molecule has 7 heavy (non-hydrogen) atoms. The van der Waals surface area contributed by atoms with E-state index in [1.807, 2.05) is 0 Å². The van der Waals surface area contributed by atoms with Crippen LogP contribution in [0, 0.1) is 12.3 Å². The topological polar surface area (TPSA) is 0 Å². The van der Waals surface area contributed by atoms with Gasteiger partial charge in [-0.05, 0) is 25.2 Å². The van der Waals surface area contributed by atoms with Crippen LogP contribution in [0.1, 0.15) is 19.8 Å². The van der Waals surface area contributed by atoms with Gasteiger partial charge >= 0.3 is 0 Å². The van der Waals surface area contributed by atoms with Gasteiger partial charge in [-0.15, -0.1) is 0 Å². The smallest absolute Gasteiger partial charge is 0.00553 e. The summed E-state index contributed by atoms with van der Waals surface area (Å²) in [5.41, 5.74) is 0. The van der Waals surface area contributed by atoms with Crippen LogP contribution in [-0.4, -0.2) is 0 Å². The summed E-state index contributed by atoms with van der Waals surface area (Å²) in [6, 6.07) is 0. The molecule has 0 atom stereocenters. The Morgan fingerprint density at radius 1 is 1.57 bits per heavy atom. The molecule has 0 N–H and O–H groups in total. The summed E-state index contributed by atoms with van der Waals surface area (Å²) >= 11 is 0. The van der Waals surface area contributed by atoms with E-state index in [1.165, 1.54) is 12.3 Å². The third kappa shape index (κ3) is 1.34. The Morgan fingerprint density at radius 2 is 2.43 bits per heavy atom. The van der Waals surface area contributed by atoms with Crippen molar-refractivity contribution in [2.45, 2.75) is 19.8 Å². The first-order chi connectivity index (χ1) is 3.39. The minimum atomic E-state index is 1.16. The van der Waals surface area contributed by atoms with Gasteiger partial charge in [0.15, 0.2) is 0 Å². The fourth-order valence-electron chi connectivity index (χ4n) is 0.744. The molecule has 0 amide bonds. The average Bonchev–Trinajstić information content (AvgIpc) is 1.69. The zero-order valence-electron chi connectivity index (χ0n) is 4.65. The maximum atomic E-state index is 2.29. The Hall–Kier alpha value is -0.260. The maximum absolute atomic E-state index is 2.29. The zero-order chi connectivity index (χ0) is 5.11. The molecule has 0 nitrogen and oxygen atoms in total. The monoisotopic (exact) mass is 94.1 g/mol. The predicted octanol–water partition coefficient (Wildman–Crippen LogP) is 2.14. The van der Waals surface area contributed by atoms with Gasteiger partial charge in [0, 0.05) is 0 Å². The molecule has 0 saturated heterocycles. The fraction of sp³-hybridized carbons (Fsp3) is 0.429. The molecule has 0 aromatic rings. The molecular weight excluding hydrogens is 84.1 g/mol. The molecule has 0 heterocycles. The average molecular weight is 94.2 g/mol. The summed E-state index contributed by atoms with van der Waals surface area (Å²) in [7, 11) is 0. The molecule has 0 aliphatic heterocycles. The fourth-order valence-corrected chi connectivity index (χ4v) is 0.744. The van der Waals surface area contributed by atoms with E-state index in [1.54, 1.807) is 0 Å². The highest BCUT2D eigenvalue weighted by Gasteiger charge is 1.99. The summed E-state index contributed by atoms with van der Waals surface area (Å²) in [4.78, 5) is 0. The molecule has 0 fully saturated rings. The Labute approximate surface area is 45.2 Å². The van der Waals surface area contributed by atoms with Crippen LogP contribution in [0.4, 0.5) is 0 Å². The molecule has 0 bridgehead atoms. The normalized spacial score (nSPS) is 23.0. The second-order valence-electron chi connectivity index (χ2n) is 1.98. The molecule has 0 aromatic carbocycles. The number of allylic oxidation sites excluding steroid dienone is 2. The first-order valence-corrected chi connectivity index (χ1v) is 2.70. The minimum absolute atomic E-state index is 1.16. The van der Waals surface area contributed by atoms with E-state index in [0.717, 1.165) is 6.42 Å². The van der Waals surface area contributed by atoms with Gasteiger partial charge in [-0.2, -0.15) is 0 Å². The van der Waals surface area contributed by atoms with Crippen LogP contribution in [0.5, 0.6) is 0 Å². The molecule has 1 aliphatic rings. The lowest BCUT2D eigenvalue weighted by Crippen LogP contribution is -1.91. The third-order valence-electron chi connectivity index (χ3n) is 1.17. The quantitative estimate of drug-likeness (QED) is 0.431. The van der Waals surface area contributed by atoms with Crippen LogP contribution >= 0.6 is 0 Å². The highest BCUT2D eigenvalue weighted by Crippen LogP contribution is 2.15. The molecule has 0 aromatic heterocycles. The summed E-state index contributed by atoms with van der Waals surface area (Å²) in [6.45, 7) is 2.16. The molecule has 2 radical (unpaired) electrons. The van der Waals surface area contributed by atoms with Crippen molar-refractivity contribution in [2.75, 3.05) is 0 Å². The Morgan fingerprint density at radius 3 is 2.71 bits per heavy atom. The molecule has 1 aliphatic carbocycles. The highest BCUT2D eigenvalue weighted by molar-refractivity contribution is 5.14. The van der Waals surface area contributed by atoms with E-state index >= 15 is 0 Å². The van der Waals surface area contributed by atoms with Crippen molar-refractivity contribution in [1.29, 1.82) is 0 Å². The van der Waals surface area contributed by atoms with Crippen LogP contribution in [-0.2, 0) is 0 Å². The second kappa shape index (κ2) is 2.15. The first-order valence-electron chi connectivity index (χ1n) is 2.70. The lowest BCUT2D eigenvalue weighted by atomic mass is 9.98. The van der Waals surface area contributed by atoms with Gasteiger partial charge < -0.3 is 0 Å². The standard InChI is InChI=1S/C7H10/c1-7-5-3-2-4-6-7/h3-5H,2,6H2,1H3. The van der Waals surface area contributed by atoms with E-state index in [-0.39, 0.29) is 0 Å². The lowest BCUT2D eigenvalue weighted by molar-refractivity contribution is 0.920. The molecule has 0 heteroatoms. The van der Waals surface area contributed by atoms with Crippen molar-refractivity contribution in [2.24, 2.45) is 0 Å². The largest absolute Gasteiger partial charge is 0.0877 e. The molecule has 0 unspecified atom stereocenters. The van der Waals surface area contributed by atoms with Crippen LogP contribution < -0.4 is 0 Å². The van der Waals surface area contributed by atoms with Crippen molar-refractivity contribution < 1.29 is 0 Å². The van der Waals surface area contributed by atoms with Gasteiger partial charge in [-0.3, -0.25) is 0 Å². The van der Waals surface area contributed by atoms with Crippen LogP contribution in [0.2, 0.25) is 0 Å². The van der Waals surface area contributed by atoms with Crippen molar-refractivity contribution in [3.05, 3.63) is 24.5 Å². The molecule has 1 rings (SSSR count). The van der Waals surface area contributed by atoms with Crippen LogP contribution in [0.25, 0.3) is 0 Å². The minimum Gasteiger partial charge on any atom is -0.0877 e. The Kier molecular flexibility index (Phi) is 1.50. The molecule has 38 valence electrons. The third-order valence-corrected chi connectivity index (χ3v) is 1.17. The van der Waals surface area contributed by atoms with Crippen LogP contribution in [0.3, 0.4) is 0 Å². The summed E-state index contributed by atoms with van der Waals surface area (Å²) in [5, 5.41) is 0. The highest BCUT2D eigenvalue weighted by atomic mass is 14.0. The van der Waals surface area contributed by atoms with E-state index in [0.29, 0.717) is 0 Å². The predicted molar refractivity (Wildman–Crippen MR) is 31.6 cm³/mol. The van der Waals surface area contributed by atoms with Crippen molar-refractivity contribution >= 4 is 0 Å². The lowest BCUT2D eigenvalue weighted by Gasteiger charge is -2.07. The molecule has 0 spiro atoms. The summed E-state index contributed by atoms with van der Waals surface area (Å²) in [6.07, 6.45) is 9.03. The van der Waals surface area contributed by atoms with E-state index in [9.17, 15) is 0 Å². The second-order valence-corrected chi connectivity index (χ2v) is 1.98. The van der Waals surface area contributed by atoms with E-state index in [2.05, 4.69) is 25.5 Å². The number of hydrogen-bond acceptors (Lipinski definition) is 0. The van der Waals surface area contributed by atoms with Gasteiger partial charge in [0.2, 0.25) is 0 Å². The van der Waals surface area contributed by atoms with Crippen molar-refractivity contribution in [3.63, 3.8) is 0 Å². The van der Waals surface area contributed by atoms with Crippen molar-refractivity contribution in [3.8, 4) is 0 Å². The van der Waals surface area contributed by atoms with E-state index in [4.69, 9.17) is 0 Å². The van der Waals surface area contributed by atoms with Gasteiger partial charge in [-0.25, -0.2) is 0 Å². The van der Waals surface area contributed by atoms with Gasteiger partial charge in [0.05, 0.1) is 0 Å². The maximum Gasteiger partial charge on any atom is -0.00553 e. The summed E-state index contributed by atoms with van der Waals surface area (Å²) in [5.74, 6) is 1.48. The summed E-state index contributed by atoms with van der Waals surface area (Å²) < 4.78 is 0. The van der Waals surface area contributed by atoms with Crippen LogP contribution in [0.15, 0.2) is 12.2 Å². The first kappa shape index (κ1) is 4.89. The SMILES string of the molecule is C[C]1C=CC[CH]C1. The zero-order valence-corrected chi connectivity index (χ0v) is 4.65. The van der Waals surface area contributed by atoms with E-state index < -0.39 is 0 Å². The van der Waals surface area contributed by atoms with Crippen molar-refractivity contribution in [1.82, 2.24) is 0 Å². The number of rotatable bonds is 0.